The molecule has 1 heterocycles. The Morgan fingerprint density at radius 2 is 2.00 bits per heavy atom. The monoisotopic (exact) mass is 297 g/mol. The van der Waals surface area contributed by atoms with Crippen molar-refractivity contribution in [1.29, 1.82) is 0 Å². The van der Waals surface area contributed by atoms with Crippen molar-refractivity contribution in [3.05, 3.63) is 35.4 Å². The van der Waals surface area contributed by atoms with Crippen LogP contribution in [0.15, 0.2) is 18.2 Å². The summed E-state index contributed by atoms with van der Waals surface area (Å²) in [7, 11) is 0. The summed E-state index contributed by atoms with van der Waals surface area (Å²) in [6, 6.07) is 4.00. The summed E-state index contributed by atoms with van der Waals surface area (Å²) in [6.45, 7) is 3.77. The van der Waals surface area contributed by atoms with Crippen LogP contribution in [0.3, 0.4) is 0 Å². The first-order valence-electron chi connectivity index (χ1n) is 7.97. The molecule has 1 fully saturated rings. The number of hydrogen-bond acceptors (Lipinski definition) is 2. The molecule has 1 N–H and O–H groups in total. The number of halogens is 2. The molecule has 21 heavy (non-hydrogen) atoms. The van der Waals surface area contributed by atoms with Gasteiger partial charge in [0.1, 0.15) is 11.6 Å². The standard InChI is InChI=1S/C17H25F2NO/c1-2-20-16(6-7-17-5-3-4-8-21-17)11-13-9-14(18)12-15(19)10-13/h9-10,12,16-17,20H,2-8,11H2,1H3. The van der Waals surface area contributed by atoms with E-state index >= 15 is 0 Å². The lowest BCUT2D eigenvalue weighted by molar-refractivity contribution is 0.00860. The van der Waals surface area contributed by atoms with Crippen LogP contribution in [0, 0.1) is 11.6 Å². The molecule has 0 saturated carbocycles. The van der Waals surface area contributed by atoms with Gasteiger partial charge in [0, 0.05) is 18.7 Å². The second kappa shape index (κ2) is 8.44. The van der Waals surface area contributed by atoms with Crippen LogP contribution in [0.1, 0.15) is 44.6 Å². The van der Waals surface area contributed by atoms with E-state index in [1.807, 2.05) is 0 Å². The van der Waals surface area contributed by atoms with Crippen molar-refractivity contribution >= 4 is 0 Å². The Labute approximate surface area is 125 Å². The Balaban J connectivity index is 1.88. The highest BCUT2D eigenvalue weighted by molar-refractivity contribution is 5.19. The van der Waals surface area contributed by atoms with Gasteiger partial charge in [-0.25, -0.2) is 8.78 Å². The van der Waals surface area contributed by atoms with E-state index in [0.29, 0.717) is 18.1 Å². The third kappa shape index (κ3) is 5.71. The van der Waals surface area contributed by atoms with Crippen LogP contribution in [0.5, 0.6) is 0 Å². The fourth-order valence-corrected chi connectivity index (χ4v) is 3.00. The van der Waals surface area contributed by atoms with Crippen molar-refractivity contribution in [2.75, 3.05) is 13.2 Å². The lowest BCUT2D eigenvalue weighted by atomic mass is 9.97. The largest absolute Gasteiger partial charge is 0.378 e. The average molecular weight is 297 g/mol. The fourth-order valence-electron chi connectivity index (χ4n) is 3.00. The third-order valence-corrected chi connectivity index (χ3v) is 4.01. The Hall–Kier alpha value is -1.00. The van der Waals surface area contributed by atoms with E-state index in [1.54, 1.807) is 0 Å². The zero-order chi connectivity index (χ0) is 15.1. The van der Waals surface area contributed by atoms with Crippen LogP contribution in [0.25, 0.3) is 0 Å². The molecule has 0 bridgehead atoms. The molecule has 2 unspecified atom stereocenters. The molecular formula is C17H25F2NO. The van der Waals surface area contributed by atoms with Crippen molar-refractivity contribution in [2.24, 2.45) is 0 Å². The third-order valence-electron chi connectivity index (χ3n) is 4.01. The van der Waals surface area contributed by atoms with Crippen molar-refractivity contribution in [3.8, 4) is 0 Å². The molecule has 0 radical (unpaired) electrons. The van der Waals surface area contributed by atoms with Gasteiger partial charge in [0.05, 0.1) is 6.10 Å². The van der Waals surface area contributed by atoms with Gasteiger partial charge in [-0.05, 0) is 62.8 Å². The zero-order valence-corrected chi connectivity index (χ0v) is 12.7. The highest BCUT2D eigenvalue weighted by Crippen LogP contribution is 2.19. The molecule has 1 aliphatic heterocycles. The van der Waals surface area contributed by atoms with Gasteiger partial charge in [0.2, 0.25) is 0 Å². The SMILES string of the molecule is CCNC(CCC1CCCCO1)Cc1cc(F)cc(F)c1. The first-order chi connectivity index (χ1) is 10.2. The summed E-state index contributed by atoms with van der Waals surface area (Å²) in [6.07, 6.45) is 6.51. The number of nitrogens with one attached hydrogen (secondary N) is 1. The Kier molecular flexibility index (Phi) is 6.58. The highest BCUT2D eigenvalue weighted by Gasteiger charge is 2.17. The first kappa shape index (κ1) is 16.4. The van der Waals surface area contributed by atoms with Crippen LogP contribution in [-0.4, -0.2) is 25.3 Å². The molecule has 118 valence electrons. The molecule has 0 aliphatic carbocycles. The topological polar surface area (TPSA) is 21.3 Å². The lowest BCUT2D eigenvalue weighted by Crippen LogP contribution is -2.32. The summed E-state index contributed by atoms with van der Waals surface area (Å²) in [5.74, 6) is -1.01. The minimum absolute atomic E-state index is 0.238. The molecule has 2 rings (SSSR count). The predicted octanol–water partition coefficient (Wildman–Crippen LogP) is 3.83. The molecule has 1 aromatic rings. The number of benzene rings is 1. The van der Waals surface area contributed by atoms with Gasteiger partial charge in [-0.2, -0.15) is 0 Å². The van der Waals surface area contributed by atoms with E-state index in [2.05, 4.69) is 12.2 Å². The molecule has 1 aromatic carbocycles. The molecule has 4 heteroatoms. The molecule has 2 atom stereocenters. The summed E-state index contributed by atoms with van der Waals surface area (Å²) in [4.78, 5) is 0. The lowest BCUT2D eigenvalue weighted by Gasteiger charge is -2.25. The molecule has 1 aliphatic rings. The van der Waals surface area contributed by atoms with Gasteiger partial charge < -0.3 is 10.1 Å². The quantitative estimate of drug-likeness (QED) is 0.826. The van der Waals surface area contributed by atoms with E-state index in [1.165, 1.54) is 18.6 Å². The predicted molar refractivity (Wildman–Crippen MR) is 80.4 cm³/mol. The summed E-state index contributed by atoms with van der Waals surface area (Å²) in [5, 5.41) is 3.41. The maximum Gasteiger partial charge on any atom is 0.126 e. The summed E-state index contributed by atoms with van der Waals surface area (Å²) < 4.78 is 32.3. The van der Waals surface area contributed by atoms with Crippen LogP contribution in [0.2, 0.25) is 0 Å². The number of likely N-dealkylation sites (N-methyl/N-ethyl adjacent to an activating group) is 1. The Morgan fingerprint density at radius 3 is 2.62 bits per heavy atom. The highest BCUT2D eigenvalue weighted by atomic mass is 19.1. The van der Waals surface area contributed by atoms with Crippen LogP contribution in [0.4, 0.5) is 8.78 Å². The fraction of sp³-hybridized carbons (Fsp3) is 0.647. The Bertz CT molecular complexity index is 413. The number of hydrogen-bond donors (Lipinski definition) is 1. The first-order valence-corrected chi connectivity index (χ1v) is 7.97. The van der Waals surface area contributed by atoms with E-state index in [9.17, 15) is 8.78 Å². The van der Waals surface area contributed by atoms with Gasteiger partial charge in [-0.15, -0.1) is 0 Å². The molecule has 2 nitrogen and oxygen atoms in total. The smallest absolute Gasteiger partial charge is 0.126 e. The molecule has 0 amide bonds. The summed E-state index contributed by atoms with van der Waals surface area (Å²) in [5.41, 5.74) is 0.711. The Morgan fingerprint density at radius 1 is 1.24 bits per heavy atom. The number of ether oxygens (including phenoxy) is 1. The van der Waals surface area contributed by atoms with E-state index in [-0.39, 0.29) is 6.04 Å². The molecule has 1 saturated heterocycles. The average Bonchev–Trinajstić information content (AvgIpc) is 2.45. The van der Waals surface area contributed by atoms with Crippen LogP contribution < -0.4 is 5.32 Å². The van der Waals surface area contributed by atoms with Crippen LogP contribution in [-0.2, 0) is 11.2 Å². The van der Waals surface area contributed by atoms with E-state index in [4.69, 9.17) is 4.74 Å². The molecule has 0 spiro atoms. The maximum atomic E-state index is 13.3. The minimum atomic E-state index is -0.504. The van der Waals surface area contributed by atoms with Gasteiger partial charge >= 0.3 is 0 Å². The van der Waals surface area contributed by atoms with Crippen LogP contribution >= 0.6 is 0 Å². The van der Waals surface area contributed by atoms with Gasteiger partial charge in [-0.1, -0.05) is 6.92 Å². The zero-order valence-electron chi connectivity index (χ0n) is 12.7. The maximum absolute atomic E-state index is 13.3. The van der Waals surface area contributed by atoms with Crippen molar-refractivity contribution in [2.45, 2.75) is 57.6 Å². The van der Waals surface area contributed by atoms with Crippen molar-refractivity contribution in [3.63, 3.8) is 0 Å². The summed E-state index contributed by atoms with van der Waals surface area (Å²) >= 11 is 0. The van der Waals surface area contributed by atoms with E-state index < -0.39 is 11.6 Å². The number of rotatable bonds is 7. The van der Waals surface area contributed by atoms with Crippen molar-refractivity contribution < 1.29 is 13.5 Å². The van der Waals surface area contributed by atoms with Gasteiger partial charge in [-0.3, -0.25) is 0 Å². The van der Waals surface area contributed by atoms with E-state index in [0.717, 1.165) is 44.9 Å². The van der Waals surface area contributed by atoms with Crippen molar-refractivity contribution in [1.82, 2.24) is 5.32 Å². The second-order valence-electron chi connectivity index (χ2n) is 5.80. The minimum Gasteiger partial charge on any atom is -0.378 e. The molecular weight excluding hydrogens is 272 g/mol. The van der Waals surface area contributed by atoms with Gasteiger partial charge in [0.15, 0.2) is 0 Å². The normalized spacial score (nSPS) is 20.4. The second-order valence-corrected chi connectivity index (χ2v) is 5.80. The molecule has 0 aromatic heterocycles. The van der Waals surface area contributed by atoms with Gasteiger partial charge in [0.25, 0.3) is 0 Å².